The molecule has 6 nitrogen and oxygen atoms in total. The van der Waals surface area contributed by atoms with E-state index in [4.69, 9.17) is 4.74 Å². The van der Waals surface area contributed by atoms with E-state index in [1.807, 2.05) is 17.5 Å². The lowest BCUT2D eigenvalue weighted by Gasteiger charge is -2.19. The third-order valence-corrected chi connectivity index (χ3v) is 5.43. The van der Waals surface area contributed by atoms with E-state index < -0.39 is 29.0 Å². The van der Waals surface area contributed by atoms with Crippen LogP contribution < -0.4 is 0 Å². The van der Waals surface area contributed by atoms with Crippen LogP contribution in [0, 0.1) is 5.82 Å². The maximum absolute atomic E-state index is 14.4. The van der Waals surface area contributed by atoms with Gasteiger partial charge in [-0.25, -0.2) is 18.7 Å². The molecule has 0 saturated carbocycles. The Morgan fingerprint density at radius 3 is 2.61 bits per heavy atom. The second-order valence-electron chi connectivity index (χ2n) is 7.93. The second-order valence-corrected chi connectivity index (χ2v) is 8.88. The van der Waals surface area contributed by atoms with Gasteiger partial charge in [0.05, 0.1) is 11.1 Å². The van der Waals surface area contributed by atoms with E-state index >= 15 is 0 Å². The lowest BCUT2D eigenvalue weighted by Crippen LogP contribution is -2.27. The molecule has 0 radical (unpaired) electrons. The van der Waals surface area contributed by atoms with Crippen LogP contribution in [0.4, 0.5) is 9.18 Å². The van der Waals surface area contributed by atoms with Crippen molar-refractivity contribution >= 4 is 34.2 Å². The fourth-order valence-electron chi connectivity index (χ4n) is 3.16. The summed E-state index contributed by atoms with van der Waals surface area (Å²) in [5.74, 6) is -2.32. The third kappa shape index (κ3) is 3.94. The van der Waals surface area contributed by atoms with Crippen LogP contribution in [0.1, 0.15) is 36.7 Å². The smallest absolute Gasteiger partial charge is 0.420 e. The van der Waals surface area contributed by atoms with Crippen LogP contribution in [-0.4, -0.2) is 32.1 Å². The van der Waals surface area contributed by atoms with Crippen LogP contribution in [0.5, 0.6) is 5.75 Å². The fraction of sp³-hybridized carbons (Fsp3) is 0.174. The average Bonchev–Trinajstić information content (AvgIpc) is 3.36. The predicted molar refractivity (Wildman–Crippen MR) is 116 cm³/mol. The standard InChI is InChI=1S/C23H19FN2O4S/c1-23(2,3)30-22(29)26-12-16(20(28)14-6-4-7-17(27)19(14)24)15-10-13(11-25-21(15)26)18-8-5-9-31-18/h4-12,27H,1-3H3. The maximum Gasteiger partial charge on any atom is 0.420 e. The molecule has 158 valence electrons. The van der Waals surface area contributed by atoms with Crippen LogP contribution in [0.2, 0.25) is 0 Å². The molecule has 0 aliphatic heterocycles. The number of hydrogen-bond donors (Lipinski definition) is 1. The number of nitrogens with zero attached hydrogens (tertiary/aromatic N) is 2. The van der Waals surface area contributed by atoms with Crippen LogP contribution in [0.15, 0.2) is 54.2 Å². The summed E-state index contributed by atoms with van der Waals surface area (Å²) in [6.45, 7) is 5.19. The zero-order valence-corrected chi connectivity index (χ0v) is 17.9. The molecule has 4 rings (SSSR count). The molecule has 3 heterocycles. The van der Waals surface area contributed by atoms with Crippen molar-refractivity contribution in [3.8, 4) is 16.2 Å². The van der Waals surface area contributed by atoms with E-state index in [0.717, 1.165) is 21.1 Å². The molecule has 0 atom stereocenters. The molecule has 1 aromatic carbocycles. The van der Waals surface area contributed by atoms with E-state index in [9.17, 15) is 19.1 Å². The number of halogens is 1. The highest BCUT2D eigenvalue weighted by Gasteiger charge is 2.26. The van der Waals surface area contributed by atoms with E-state index in [2.05, 4.69) is 4.98 Å². The fourth-order valence-corrected chi connectivity index (χ4v) is 3.87. The van der Waals surface area contributed by atoms with Crippen molar-refractivity contribution < 1.29 is 23.8 Å². The van der Waals surface area contributed by atoms with Gasteiger partial charge in [0.15, 0.2) is 17.3 Å². The number of carbonyl (C=O) groups is 2. The van der Waals surface area contributed by atoms with Gasteiger partial charge in [-0.3, -0.25) is 4.79 Å². The summed E-state index contributed by atoms with van der Waals surface area (Å²) < 4.78 is 21.0. The van der Waals surface area contributed by atoms with Gasteiger partial charge in [-0.2, -0.15) is 0 Å². The summed E-state index contributed by atoms with van der Waals surface area (Å²) in [5, 5.41) is 12.0. The SMILES string of the molecule is CC(C)(C)OC(=O)n1cc(C(=O)c2cccc(O)c2F)c2cc(-c3cccs3)cnc21. The minimum absolute atomic E-state index is 0.0799. The highest BCUT2D eigenvalue weighted by atomic mass is 32.1. The van der Waals surface area contributed by atoms with Gasteiger partial charge in [-0.05, 0) is 50.4 Å². The van der Waals surface area contributed by atoms with Gasteiger partial charge in [0.1, 0.15) is 11.2 Å². The van der Waals surface area contributed by atoms with Crippen molar-refractivity contribution in [1.29, 1.82) is 0 Å². The van der Waals surface area contributed by atoms with E-state index in [1.54, 1.807) is 33.0 Å². The zero-order chi connectivity index (χ0) is 22.3. The van der Waals surface area contributed by atoms with Crippen LogP contribution in [0.25, 0.3) is 21.5 Å². The molecule has 0 amide bonds. The highest BCUT2D eigenvalue weighted by molar-refractivity contribution is 7.13. The molecule has 0 aliphatic rings. The molecular weight excluding hydrogens is 419 g/mol. The molecule has 1 N–H and O–H groups in total. The van der Waals surface area contributed by atoms with Gasteiger partial charge in [0.25, 0.3) is 0 Å². The number of ketones is 1. The van der Waals surface area contributed by atoms with Gasteiger partial charge in [-0.1, -0.05) is 12.1 Å². The molecule has 4 aromatic rings. The molecule has 0 fully saturated rings. The summed E-state index contributed by atoms with van der Waals surface area (Å²) in [6, 6.07) is 9.37. The lowest BCUT2D eigenvalue weighted by molar-refractivity contribution is 0.0543. The largest absolute Gasteiger partial charge is 0.505 e. The van der Waals surface area contributed by atoms with E-state index in [0.29, 0.717) is 5.39 Å². The first-order valence-electron chi connectivity index (χ1n) is 9.46. The number of rotatable bonds is 3. The lowest BCUT2D eigenvalue weighted by atomic mass is 10.0. The number of hydrogen-bond acceptors (Lipinski definition) is 6. The highest BCUT2D eigenvalue weighted by Crippen LogP contribution is 2.31. The summed E-state index contributed by atoms with van der Waals surface area (Å²) in [7, 11) is 0. The van der Waals surface area contributed by atoms with Crippen LogP contribution in [0.3, 0.4) is 0 Å². The molecule has 0 saturated heterocycles. The number of aromatic nitrogens is 2. The Morgan fingerprint density at radius 2 is 1.94 bits per heavy atom. The van der Waals surface area contributed by atoms with Crippen molar-refractivity contribution in [2.75, 3.05) is 0 Å². The Hall–Kier alpha value is -3.52. The van der Waals surface area contributed by atoms with E-state index in [1.165, 1.54) is 29.7 Å². The number of benzene rings is 1. The quantitative estimate of drug-likeness (QED) is 0.420. The Bertz CT molecular complexity index is 1300. The van der Waals surface area contributed by atoms with Crippen LogP contribution in [-0.2, 0) is 4.74 Å². The van der Waals surface area contributed by atoms with Crippen molar-refractivity contribution in [2.45, 2.75) is 26.4 Å². The number of fused-ring (bicyclic) bond motifs is 1. The third-order valence-electron chi connectivity index (χ3n) is 4.51. The summed E-state index contributed by atoms with van der Waals surface area (Å²) in [6.07, 6.45) is 2.21. The van der Waals surface area contributed by atoms with Gasteiger partial charge in [0.2, 0.25) is 0 Å². The average molecular weight is 438 g/mol. The number of ether oxygens (including phenoxy) is 1. The minimum atomic E-state index is -1.02. The number of carbonyl (C=O) groups excluding carboxylic acids is 2. The Kier molecular flexibility index (Phi) is 5.10. The monoisotopic (exact) mass is 438 g/mol. The summed E-state index contributed by atoms with van der Waals surface area (Å²) in [5.41, 5.74) is 0.000823. The Labute approximate surface area is 181 Å². The normalized spacial score (nSPS) is 11.6. The maximum atomic E-state index is 14.4. The van der Waals surface area contributed by atoms with Crippen molar-refractivity contribution in [3.63, 3.8) is 0 Å². The number of thiophene rings is 1. The van der Waals surface area contributed by atoms with Crippen molar-refractivity contribution in [1.82, 2.24) is 9.55 Å². The number of phenolic OH excluding ortho intramolecular Hbond substituents is 1. The second kappa shape index (κ2) is 7.63. The number of aromatic hydroxyl groups is 1. The summed E-state index contributed by atoms with van der Waals surface area (Å²) in [4.78, 5) is 31.3. The topological polar surface area (TPSA) is 81.4 Å². The first-order chi connectivity index (χ1) is 14.7. The van der Waals surface area contributed by atoms with Crippen molar-refractivity contribution in [2.24, 2.45) is 0 Å². The molecule has 0 bridgehead atoms. The molecule has 31 heavy (non-hydrogen) atoms. The summed E-state index contributed by atoms with van der Waals surface area (Å²) >= 11 is 1.50. The molecule has 0 spiro atoms. The van der Waals surface area contributed by atoms with Gasteiger partial charge in [0, 0.05) is 28.2 Å². The number of pyridine rings is 1. The molecular formula is C23H19FN2O4S. The molecule has 8 heteroatoms. The van der Waals surface area contributed by atoms with Crippen molar-refractivity contribution in [3.05, 3.63) is 71.1 Å². The molecule has 3 aromatic heterocycles. The van der Waals surface area contributed by atoms with Gasteiger partial charge in [-0.15, -0.1) is 11.3 Å². The first kappa shape index (κ1) is 20.7. The van der Waals surface area contributed by atoms with E-state index in [-0.39, 0.29) is 16.8 Å². The Morgan fingerprint density at radius 1 is 1.16 bits per heavy atom. The molecule has 0 aliphatic carbocycles. The number of phenols is 1. The zero-order valence-electron chi connectivity index (χ0n) is 17.0. The Balaban J connectivity index is 1.92. The predicted octanol–water partition coefficient (Wildman–Crippen LogP) is 5.62. The molecule has 0 unspecified atom stereocenters. The van der Waals surface area contributed by atoms with Gasteiger partial charge < -0.3 is 9.84 Å². The first-order valence-corrected chi connectivity index (χ1v) is 10.3. The van der Waals surface area contributed by atoms with Gasteiger partial charge >= 0.3 is 6.09 Å². The van der Waals surface area contributed by atoms with Crippen LogP contribution >= 0.6 is 11.3 Å². The minimum Gasteiger partial charge on any atom is -0.505 e.